The Morgan fingerprint density at radius 2 is 2.14 bits per heavy atom. The van der Waals surface area contributed by atoms with Gasteiger partial charge in [0.05, 0.1) is 13.1 Å². The van der Waals surface area contributed by atoms with E-state index >= 15 is 0 Å². The second-order valence-electron chi connectivity index (χ2n) is 4.04. The van der Waals surface area contributed by atoms with Gasteiger partial charge in [-0.15, -0.1) is 0 Å². The third-order valence-electron chi connectivity index (χ3n) is 2.64. The molecule has 1 aromatic heterocycles. The van der Waals surface area contributed by atoms with Gasteiger partial charge in [0.25, 0.3) is 0 Å². The zero-order valence-electron chi connectivity index (χ0n) is 8.92. The van der Waals surface area contributed by atoms with E-state index in [2.05, 4.69) is 23.3 Å². The minimum absolute atomic E-state index is 0.799. The summed E-state index contributed by atoms with van der Waals surface area (Å²) in [5.41, 5.74) is 0. The lowest BCUT2D eigenvalue weighted by Gasteiger charge is -2.12. The molecule has 14 heavy (non-hydrogen) atoms. The smallest absolute Gasteiger partial charge is 0.118 e. The summed E-state index contributed by atoms with van der Waals surface area (Å²) in [7, 11) is 4.09. The van der Waals surface area contributed by atoms with Crippen molar-refractivity contribution in [3.8, 4) is 0 Å². The molecule has 0 bridgehead atoms. The molecule has 1 saturated carbocycles. The Kier molecular flexibility index (Phi) is 2.89. The highest BCUT2D eigenvalue weighted by atomic mass is 16.3. The highest BCUT2D eigenvalue weighted by molar-refractivity contribution is 5.07. The summed E-state index contributed by atoms with van der Waals surface area (Å²) >= 11 is 0. The maximum atomic E-state index is 5.67. The van der Waals surface area contributed by atoms with Crippen LogP contribution in [0.25, 0.3) is 0 Å². The van der Waals surface area contributed by atoms with Crippen LogP contribution in [0.2, 0.25) is 0 Å². The van der Waals surface area contributed by atoms with Crippen molar-refractivity contribution in [2.45, 2.75) is 32.0 Å². The standard InChI is InChI=1S/C11H18N2O/c1-12-7-10-5-6-11(14-10)8-13(2)9-3-4-9/h5-6,9,12H,3-4,7-8H2,1-2H3. The highest BCUT2D eigenvalue weighted by Crippen LogP contribution is 2.26. The molecule has 0 saturated heterocycles. The minimum atomic E-state index is 0.799. The summed E-state index contributed by atoms with van der Waals surface area (Å²) in [4.78, 5) is 2.36. The lowest BCUT2D eigenvalue weighted by molar-refractivity contribution is 0.281. The van der Waals surface area contributed by atoms with Crippen LogP contribution in [0.4, 0.5) is 0 Å². The summed E-state index contributed by atoms with van der Waals surface area (Å²) in [6, 6.07) is 4.92. The maximum absolute atomic E-state index is 5.67. The van der Waals surface area contributed by atoms with Gasteiger partial charge < -0.3 is 9.73 Å². The molecule has 1 heterocycles. The number of nitrogens with zero attached hydrogens (tertiary/aromatic N) is 1. The monoisotopic (exact) mass is 194 g/mol. The van der Waals surface area contributed by atoms with Gasteiger partial charge in [-0.25, -0.2) is 0 Å². The molecule has 1 aliphatic carbocycles. The van der Waals surface area contributed by atoms with Gasteiger partial charge in [-0.05, 0) is 39.1 Å². The average molecular weight is 194 g/mol. The predicted octanol–water partition coefficient (Wildman–Crippen LogP) is 1.59. The number of hydrogen-bond acceptors (Lipinski definition) is 3. The molecule has 3 nitrogen and oxygen atoms in total. The van der Waals surface area contributed by atoms with E-state index in [1.165, 1.54) is 12.8 Å². The van der Waals surface area contributed by atoms with Gasteiger partial charge >= 0.3 is 0 Å². The van der Waals surface area contributed by atoms with Gasteiger partial charge in [-0.2, -0.15) is 0 Å². The molecule has 0 aromatic carbocycles. The highest BCUT2D eigenvalue weighted by Gasteiger charge is 2.26. The van der Waals surface area contributed by atoms with Crippen molar-refractivity contribution in [2.75, 3.05) is 14.1 Å². The van der Waals surface area contributed by atoms with Crippen molar-refractivity contribution >= 4 is 0 Å². The Morgan fingerprint density at radius 1 is 1.43 bits per heavy atom. The fourth-order valence-corrected chi connectivity index (χ4v) is 1.67. The van der Waals surface area contributed by atoms with Gasteiger partial charge in [0, 0.05) is 6.04 Å². The van der Waals surface area contributed by atoms with Crippen LogP contribution in [-0.2, 0) is 13.1 Å². The molecule has 1 fully saturated rings. The van der Waals surface area contributed by atoms with Gasteiger partial charge in [0.2, 0.25) is 0 Å². The summed E-state index contributed by atoms with van der Waals surface area (Å²) in [6.07, 6.45) is 2.70. The Labute approximate surface area is 85.1 Å². The van der Waals surface area contributed by atoms with Crippen LogP contribution in [0.3, 0.4) is 0 Å². The Bertz CT molecular complexity index is 291. The molecule has 3 heteroatoms. The van der Waals surface area contributed by atoms with E-state index in [-0.39, 0.29) is 0 Å². The quantitative estimate of drug-likeness (QED) is 0.771. The third kappa shape index (κ3) is 2.36. The SMILES string of the molecule is CNCc1ccc(CN(C)C2CC2)o1. The fourth-order valence-electron chi connectivity index (χ4n) is 1.67. The Hall–Kier alpha value is -0.800. The zero-order chi connectivity index (χ0) is 9.97. The van der Waals surface area contributed by atoms with Crippen LogP contribution >= 0.6 is 0 Å². The van der Waals surface area contributed by atoms with Gasteiger partial charge in [-0.1, -0.05) is 0 Å². The van der Waals surface area contributed by atoms with Crippen LogP contribution in [0.15, 0.2) is 16.5 Å². The van der Waals surface area contributed by atoms with Crippen molar-refractivity contribution in [2.24, 2.45) is 0 Å². The molecule has 0 spiro atoms. The van der Waals surface area contributed by atoms with E-state index in [9.17, 15) is 0 Å². The second-order valence-corrected chi connectivity index (χ2v) is 4.04. The van der Waals surface area contributed by atoms with Crippen LogP contribution in [0.5, 0.6) is 0 Å². The van der Waals surface area contributed by atoms with Gasteiger partial charge in [0.15, 0.2) is 0 Å². The largest absolute Gasteiger partial charge is 0.463 e. The Morgan fingerprint density at radius 3 is 2.79 bits per heavy atom. The molecule has 0 aliphatic heterocycles. The van der Waals surface area contributed by atoms with E-state index in [1.807, 2.05) is 13.1 Å². The number of rotatable bonds is 5. The molecule has 0 unspecified atom stereocenters. The molecule has 1 aliphatic rings. The molecule has 1 N–H and O–H groups in total. The molecule has 0 radical (unpaired) electrons. The van der Waals surface area contributed by atoms with Gasteiger partial charge in [-0.3, -0.25) is 4.90 Å². The molecular weight excluding hydrogens is 176 g/mol. The topological polar surface area (TPSA) is 28.4 Å². The molecule has 2 rings (SSSR count). The number of nitrogens with one attached hydrogen (secondary N) is 1. The summed E-state index contributed by atoms with van der Waals surface area (Å²) in [6.45, 7) is 1.75. The molecule has 0 atom stereocenters. The summed E-state index contributed by atoms with van der Waals surface area (Å²) in [5, 5.41) is 3.08. The van der Waals surface area contributed by atoms with E-state index < -0.39 is 0 Å². The first-order valence-corrected chi connectivity index (χ1v) is 5.22. The van der Waals surface area contributed by atoms with Gasteiger partial charge in [0.1, 0.15) is 11.5 Å². The third-order valence-corrected chi connectivity index (χ3v) is 2.64. The Balaban J connectivity index is 1.88. The van der Waals surface area contributed by atoms with Crippen LogP contribution in [-0.4, -0.2) is 25.0 Å². The second kappa shape index (κ2) is 4.15. The average Bonchev–Trinajstić information content (AvgIpc) is 2.92. The summed E-state index contributed by atoms with van der Waals surface area (Å²) in [5.74, 6) is 2.09. The zero-order valence-corrected chi connectivity index (χ0v) is 8.92. The van der Waals surface area contributed by atoms with E-state index in [0.717, 1.165) is 30.7 Å². The number of hydrogen-bond donors (Lipinski definition) is 1. The first-order chi connectivity index (χ1) is 6.79. The van der Waals surface area contributed by atoms with E-state index in [0.29, 0.717) is 0 Å². The lowest BCUT2D eigenvalue weighted by Crippen LogP contribution is -2.19. The molecular formula is C11H18N2O. The lowest BCUT2D eigenvalue weighted by atomic mass is 10.4. The van der Waals surface area contributed by atoms with Crippen molar-refractivity contribution in [1.29, 1.82) is 0 Å². The molecule has 0 amide bonds. The van der Waals surface area contributed by atoms with Crippen LogP contribution in [0.1, 0.15) is 24.4 Å². The van der Waals surface area contributed by atoms with E-state index in [4.69, 9.17) is 4.42 Å². The molecule has 78 valence electrons. The first-order valence-electron chi connectivity index (χ1n) is 5.22. The number of furan rings is 1. The fraction of sp³-hybridized carbons (Fsp3) is 0.636. The first kappa shape index (κ1) is 9.74. The van der Waals surface area contributed by atoms with Crippen molar-refractivity contribution in [1.82, 2.24) is 10.2 Å². The normalized spacial score (nSPS) is 16.5. The van der Waals surface area contributed by atoms with Crippen molar-refractivity contribution in [3.63, 3.8) is 0 Å². The van der Waals surface area contributed by atoms with Crippen LogP contribution < -0.4 is 5.32 Å². The van der Waals surface area contributed by atoms with Crippen LogP contribution in [0, 0.1) is 0 Å². The van der Waals surface area contributed by atoms with E-state index in [1.54, 1.807) is 0 Å². The summed E-state index contributed by atoms with van der Waals surface area (Å²) < 4.78 is 5.67. The maximum Gasteiger partial charge on any atom is 0.118 e. The van der Waals surface area contributed by atoms with Crippen molar-refractivity contribution in [3.05, 3.63) is 23.7 Å². The van der Waals surface area contributed by atoms with Crippen molar-refractivity contribution < 1.29 is 4.42 Å². The predicted molar refractivity (Wildman–Crippen MR) is 56.0 cm³/mol. The minimum Gasteiger partial charge on any atom is -0.463 e. The molecule has 1 aromatic rings.